The molecule has 4 aromatic carbocycles. The molecule has 4 rings (SSSR count). The van der Waals surface area contributed by atoms with Crippen LogP contribution in [0.15, 0.2) is 97.1 Å². The minimum atomic E-state index is -0.134. The summed E-state index contributed by atoms with van der Waals surface area (Å²) >= 11 is 0. The van der Waals surface area contributed by atoms with Gasteiger partial charge in [0, 0.05) is 0 Å². The first-order valence-electron chi connectivity index (χ1n) is 10.8. The molecule has 0 aliphatic rings. The largest absolute Gasteiger partial charge is 0.338 e. The predicted octanol–water partition coefficient (Wildman–Crippen LogP) is 8.02. The number of hydrogen-bond donors (Lipinski definition) is 0. The summed E-state index contributed by atoms with van der Waals surface area (Å²) in [6.07, 6.45) is 0. The number of benzene rings is 4. The van der Waals surface area contributed by atoms with Gasteiger partial charge in [0.1, 0.15) is 0 Å². The van der Waals surface area contributed by atoms with Gasteiger partial charge in [0.25, 0.3) is 0 Å². The Morgan fingerprint density at radius 2 is 0.594 bits per heavy atom. The highest BCUT2D eigenvalue weighted by atomic mass is 16.2. The Morgan fingerprint density at radius 1 is 0.406 bits per heavy atom. The normalized spacial score (nSPS) is 10.6. The SMILES string of the molecule is Cc1ccc(N(C(=O)N(c2ccc(C)cc2)c2ccc(C)cc2)c2ccc(C)cc2)cc1. The van der Waals surface area contributed by atoms with Gasteiger partial charge in [-0.05, 0) is 76.2 Å². The van der Waals surface area contributed by atoms with Gasteiger partial charge in [-0.25, -0.2) is 4.79 Å². The number of anilines is 4. The number of amides is 2. The molecule has 2 amide bonds. The van der Waals surface area contributed by atoms with E-state index in [4.69, 9.17) is 0 Å². The number of carbonyl (C=O) groups is 1. The summed E-state index contributed by atoms with van der Waals surface area (Å²) in [6, 6.07) is 32.1. The molecular formula is C29H28N2O. The molecule has 0 atom stereocenters. The molecule has 0 bridgehead atoms. The maximum Gasteiger partial charge on any atom is 0.338 e. The molecule has 3 nitrogen and oxygen atoms in total. The van der Waals surface area contributed by atoms with Gasteiger partial charge >= 0.3 is 6.03 Å². The topological polar surface area (TPSA) is 23.6 Å². The molecule has 0 aliphatic heterocycles. The molecule has 0 radical (unpaired) electrons. The monoisotopic (exact) mass is 420 g/mol. The lowest BCUT2D eigenvalue weighted by molar-refractivity contribution is 0.255. The van der Waals surface area contributed by atoms with Crippen LogP contribution in [0.25, 0.3) is 0 Å². The molecule has 0 saturated heterocycles. The van der Waals surface area contributed by atoms with E-state index in [1.165, 1.54) is 0 Å². The van der Waals surface area contributed by atoms with Crippen LogP contribution in [-0.4, -0.2) is 6.03 Å². The van der Waals surface area contributed by atoms with Crippen LogP contribution in [0, 0.1) is 27.7 Å². The van der Waals surface area contributed by atoms with Crippen LogP contribution in [0.4, 0.5) is 27.5 Å². The smallest absolute Gasteiger partial charge is 0.262 e. The second kappa shape index (κ2) is 9.11. The van der Waals surface area contributed by atoms with Gasteiger partial charge in [-0.15, -0.1) is 0 Å². The van der Waals surface area contributed by atoms with E-state index >= 15 is 0 Å². The van der Waals surface area contributed by atoms with Gasteiger partial charge in [-0.1, -0.05) is 70.8 Å². The minimum absolute atomic E-state index is 0.134. The van der Waals surface area contributed by atoms with Crippen LogP contribution in [0.5, 0.6) is 0 Å². The van der Waals surface area contributed by atoms with Gasteiger partial charge in [0.05, 0.1) is 22.7 Å². The zero-order chi connectivity index (χ0) is 22.7. The van der Waals surface area contributed by atoms with Crippen molar-refractivity contribution in [3.05, 3.63) is 119 Å². The third kappa shape index (κ3) is 4.57. The lowest BCUT2D eigenvalue weighted by atomic mass is 10.1. The van der Waals surface area contributed by atoms with Crippen molar-refractivity contribution in [2.75, 3.05) is 9.80 Å². The highest BCUT2D eigenvalue weighted by Gasteiger charge is 2.27. The second-order valence-corrected chi connectivity index (χ2v) is 8.30. The summed E-state index contributed by atoms with van der Waals surface area (Å²) in [5.74, 6) is 0. The van der Waals surface area contributed by atoms with E-state index in [-0.39, 0.29) is 6.03 Å². The fourth-order valence-electron chi connectivity index (χ4n) is 3.62. The third-order valence-electron chi connectivity index (χ3n) is 5.55. The van der Waals surface area contributed by atoms with Crippen molar-refractivity contribution in [2.45, 2.75) is 27.7 Å². The Balaban J connectivity index is 1.87. The van der Waals surface area contributed by atoms with Crippen LogP contribution < -0.4 is 9.80 Å². The highest BCUT2D eigenvalue weighted by molar-refractivity contribution is 6.12. The fraction of sp³-hybridized carbons (Fsp3) is 0.138. The zero-order valence-electron chi connectivity index (χ0n) is 19.0. The summed E-state index contributed by atoms with van der Waals surface area (Å²) in [5.41, 5.74) is 7.92. The standard InChI is InChI=1S/C29H28N2O/c1-21-5-13-25(14-6-21)30(26-15-7-22(2)8-16-26)29(32)31(27-17-9-23(3)10-18-27)28-19-11-24(4)12-20-28/h5-20H,1-4H3. The number of hydrogen-bond acceptors (Lipinski definition) is 1. The van der Waals surface area contributed by atoms with Crippen molar-refractivity contribution in [1.29, 1.82) is 0 Å². The Kier molecular flexibility index (Phi) is 6.09. The first-order chi connectivity index (χ1) is 15.4. The molecule has 4 aromatic rings. The first-order valence-corrected chi connectivity index (χ1v) is 10.8. The Morgan fingerprint density at radius 3 is 0.781 bits per heavy atom. The van der Waals surface area contributed by atoms with Crippen molar-refractivity contribution in [3.8, 4) is 0 Å². The summed E-state index contributed by atoms with van der Waals surface area (Å²) in [7, 11) is 0. The van der Waals surface area contributed by atoms with Crippen molar-refractivity contribution in [2.24, 2.45) is 0 Å². The average molecular weight is 421 g/mol. The van der Waals surface area contributed by atoms with Gasteiger partial charge in [-0.2, -0.15) is 0 Å². The Bertz CT molecular complexity index is 1000. The van der Waals surface area contributed by atoms with Crippen LogP contribution in [0.1, 0.15) is 22.3 Å². The van der Waals surface area contributed by atoms with E-state index in [0.717, 1.165) is 45.0 Å². The molecule has 0 spiro atoms. The molecule has 0 N–H and O–H groups in total. The van der Waals surface area contributed by atoms with Crippen LogP contribution in [0.2, 0.25) is 0 Å². The van der Waals surface area contributed by atoms with Crippen LogP contribution in [0.3, 0.4) is 0 Å². The van der Waals surface area contributed by atoms with E-state index in [2.05, 4.69) is 0 Å². The van der Waals surface area contributed by atoms with Gasteiger partial charge in [0.15, 0.2) is 0 Å². The maximum absolute atomic E-state index is 14.2. The lowest BCUT2D eigenvalue weighted by Crippen LogP contribution is -2.38. The molecule has 0 heterocycles. The van der Waals surface area contributed by atoms with Crippen LogP contribution >= 0.6 is 0 Å². The molecule has 32 heavy (non-hydrogen) atoms. The predicted molar refractivity (Wildman–Crippen MR) is 134 cm³/mol. The van der Waals surface area contributed by atoms with Crippen molar-refractivity contribution in [3.63, 3.8) is 0 Å². The molecular weight excluding hydrogens is 392 g/mol. The van der Waals surface area contributed by atoms with E-state index in [9.17, 15) is 4.79 Å². The lowest BCUT2D eigenvalue weighted by Gasteiger charge is -2.31. The number of aryl methyl sites for hydroxylation is 4. The molecule has 0 unspecified atom stereocenters. The molecule has 0 saturated carbocycles. The van der Waals surface area contributed by atoms with Crippen LogP contribution in [-0.2, 0) is 0 Å². The average Bonchev–Trinajstić information content (AvgIpc) is 2.79. The van der Waals surface area contributed by atoms with Crippen molar-refractivity contribution >= 4 is 28.8 Å². The van der Waals surface area contributed by atoms with E-state index in [1.54, 1.807) is 9.80 Å². The van der Waals surface area contributed by atoms with E-state index in [0.29, 0.717) is 0 Å². The summed E-state index contributed by atoms with van der Waals surface area (Å²) < 4.78 is 0. The third-order valence-corrected chi connectivity index (χ3v) is 5.55. The second-order valence-electron chi connectivity index (χ2n) is 8.30. The van der Waals surface area contributed by atoms with Crippen molar-refractivity contribution < 1.29 is 4.79 Å². The Hall–Kier alpha value is -3.85. The molecule has 3 heteroatoms. The van der Waals surface area contributed by atoms with Crippen molar-refractivity contribution in [1.82, 2.24) is 0 Å². The maximum atomic E-state index is 14.2. The van der Waals surface area contributed by atoms with Gasteiger partial charge < -0.3 is 0 Å². The fourth-order valence-corrected chi connectivity index (χ4v) is 3.62. The number of rotatable bonds is 4. The quantitative estimate of drug-likeness (QED) is 0.328. The minimum Gasteiger partial charge on any atom is -0.262 e. The molecule has 0 fully saturated rings. The number of urea groups is 1. The summed E-state index contributed by atoms with van der Waals surface area (Å²) in [6.45, 7) is 8.19. The Labute approximate surface area is 190 Å². The molecule has 160 valence electrons. The summed E-state index contributed by atoms with van der Waals surface area (Å²) in [4.78, 5) is 17.8. The van der Waals surface area contributed by atoms with Gasteiger partial charge in [-0.3, -0.25) is 9.80 Å². The summed E-state index contributed by atoms with van der Waals surface area (Å²) in [5, 5.41) is 0. The molecule has 0 aromatic heterocycles. The first kappa shape index (κ1) is 21.4. The highest BCUT2D eigenvalue weighted by Crippen LogP contribution is 2.33. The zero-order valence-corrected chi connectivity index (χ0v) is 19.0. The van der Waals surface area contributed by atoms with Gasteiger partial charge in [0.2, 0.25) is 0 Å². The van der Waals surface area contributed by atoms with E-state index in [1.807, 2.05) is 125 Å². The number of nitrogens with zero attached hydrogens (tertiary/aromatic N) is 2. The molecule has 0 aliphatic carbocycles. The van der Waals surface area contributed by atoms with E-state index < -0.39 is 0 Å². The number of carbonyl (C=O) groups excluding carboxylic acids is 1.